The van der Waals surface area contributed by atoms with Crippen molar-refractivity contribution in [2.24, 2.45) is 0 Å². The summed E-state index contributed by atoms with van der Waals surface area (Å²) in [4.78, 5) is 1.56. The predicted octanol–water partition coefficient (Wildman–Crippen LogP) is 7.38. The molecule has 1 heterocycles. The maximum Gasteiger partial charge on any atom is 0.00452 e. The Kier molecular flexibility index (Phi) is 12.1. The lowest BCUT2D eigenvalue weighted by Gasteiger charge is -2.02. The third-order valence-electron chi connectivity index (χ3n) is 4.11. The molecule has 0 radical (unpaired) electrons. The van der Waals surface area contributed by atoms with Crippen molar-refractivity contribution < 1.29 is 0 Å². The summed E-state index contributed by atoms with van der Waals surface area (Å²) < 4.78 is 0. The average molecular weight is 295 g/mol. The highest BCUT2D eigenvalue weighted by Crippen LogP contribution is 2.15. The van der Waals surface area contributed by atoms with E-state index in [9.17, 15) is 0 Å². The van der Waals surface area contributed by atoms with E-state index in [1.165, 1.54) is 89.9 Å². The van der Waals surface area contributed by atoms with E-state index in [1.54, 1.807) is 4.88 Å². The van der Waals surface area contributed by atoms with Gasteiger partial charge in [0.05, 0.1) is 0 Å². The normalized spacial score (nSPS) is 11.1. The molecule has 1 rings (SSSR count). The first-order valence-electron chi connectivity index (χ1n) is 8.96. The van der Waals surface area contributed by atoms with E-state index < -0.39 is 0 Å². The van der Waals surface area contributed by atoms with Gasteiger partial charge in [-0.25, -0.2) is 0 Å². The maximum atomic E-state index is 2.29. The molecule has 116 valence electrons. The number of hydrogen-bond acceptors (Lipinski definition) is 1. The van der Waals surface area contributed by atoms with E-state index in [0.29, 0.717) is 0 Å². The number of hydrogen-bond donors (Lipinski definition) is 0. The lowest BCUT2D eigenvalue weighted by atomic mass is 10.0. The minimum absolute atomic E-state index is 1.30. The Balaban J connectivity index is 1.70. The van der Waals surface area contributed by atoms with Gasteiger partial charge in [0, 0.05) is 4.88 Å². The van der Waals surface area contributed by atoms with Gasteiger partial charge < -0.3 is 0 Å². The molecular weight excluding hydrogens is 260 g/mol. The van der Waals surface area contributed by atoms with Crippen molar-refractivity contribution in [2.45, 2.75) is 96.8 Å². The Morgan fingerprint density at radius 2 is 1.20 bits per heavy atom. The van der Waals surface area contributed by atoms with Gasteiger partial charge in [0.2, 0.25) is 0 Å². The minimum atomic E-state index is 1.30. The van der Waals surface area contributed by atoms with Crippen LogP contribution >= 0.6 is 11.3 Å². The zero-order chi connectivity index (χ0) is 14.3. The third-order valence-corrected chi connectivity index (χ3v) is 5.04. The zero-order valence-corrected chi connectivity index (χ0v) is 14.4. The van der Waals surface area contributed by atoms with Gasteiger partial charge >= 0.3 is 0 Å². The van der Waals surface area contributed by atoms with Crippen molar-refractivity contribution in [3.05, 3.63) is 22.4 Å². The van der Waals surface area contributed by atoms with Crippen LogP contribution in [0.5, 0.6) is 0 Å². The summed E-state index contributed by atoms with van der Waals surface area (Å²) in [6, 6.07) is 4.44. The summed E-state index contributed by atoms with van der Waals surface area (Å²) in [6.07, 6.45) is 20.1. The minimum Gasteiger partial charge on any atom is -0.149 e. The van der Waals surface area contributed by atoms with Crippen LogP contribution in [0, 0.1) is 0 Å². The molecule has 0 aliphatic rings. The molecule has 0 aliphatic heterocycles. The number of rotatable bonds is 14. The Morgan fingerprint density at radius 3 is 1.65 bits per heavy atom. The Labute approximate surface area is 131 Å². The van der Waals surface area contributed by atoms with Crippen LogP contribution in [0.4, 0.5) is 0 Å². The topological polar surface area (TPSA) is 0 Å². The van der Waals surface area contributed by atoms with Crippen molar-refractivity contribution in [2.75, 3.05) is 0 Å². The van der Waals surface area contributed by atoms with E-state index in [1.807, 2.05) is 11.3 Å². The van der Waals surface area contributed by atoms with Crippen molar-refractivity contribution >= 4 is 11.3 Å². The smallest absolute Gasteiger partial charge is 0.00452 e. The van der Waals surface area contributed by atoms with Crippen LogP contribution in [0.1, 0.15) is 95.3 Å². The summed E-state index contributed by atoms with van der Waals surface area (Å²) >= 11 is 1.91. The predicted molar refractivity (Wildman–Crippen MR) is 93.7 cm³/mol. The fraction of sp³-hybridized carbons (Fsp3) is 0.789. The molecule has 0 unspecified atom stereocenters. The standard InChI is InChI=1S/C19H34S/c1-2-3-4-5-6-7-8-9-10-11-12-13-14-16-19-17-15-18-20-19/h15,17-18H,2-14,16H2,1H3. The Hall–Kier alpha value is -0.300. The molecule has 0 bridgehead atoms. The third kappa shape index (κ3) is 10.5. The largest absolute Gasteiger partial charge is 0.149 e. The zero-order valence-electron chi connectivity index (χ0n) is 13.5. The first-order valence-corrected chi connectivity index (χ1v) is 9.84. The summed E-state index contributed by atoms with van der Waals surface area (Å²) in [6.45, 7) is 2.29. The van der Waals surface area contributed by atoms with Crippen LogP contribution in [0.15, 0.2) is 17.5 Å². The van der Waals surface area contributed by atoms with E-state index in [4.69, 9.17) is 0 Å². The molecule has 0 nitrogen and oxygen atoms in total. The van der Waals surface area contributed by atoms with Crippen LogP contribution in [0.3, 0.4) is 0 Å². The van der Waals surface area contributed by atoms with Crippen LogP contribution < -0.4 is 0 Å². The molecule has 1 aromatic rings. The maximum absolute atomic E-state index is 2.29. The molecule has 1 aromatic heterocycles. The molecule has 0 saturated carbocycles. The molecule has 0 atom stereocenters. The lowest BCUT2D eigenvalue weighted by molar-refractivity contribution is 0.539. The van der Waals surface area contributed by atoms with Gasteiger partial charge in [0.15, 0.2) is 0 Å². The van der Waals surface area contributed by atoms with E-state index in [0.717, 1.165) is 0 Å². The first kappa shape index (κ1) is 17.8. The SMILES string of the molecule is CCCCCCCCCCCCCCCc1cccs1. The van der Waals surface area contributed by atoms with Crippen molar-refractivity contribution in [1.82, 2.24) is 0 Å². The van der Waals surface area contributed by atoms with Crippen LogP contribution in [-0.4, -0.2) is 0 Å². The van der Waals surface area contributed by atoms with Crippen molar-refractivity contribution in [3.8, 4) is 0 Å². The molecule has 1 heteroatoms. The average Bonchev–Trinajstić information content (AvgIpc) is 2.97. The van der Waals surface area contributed by atoms with E-state index in [2.05, 4.69) is 24.4 Å². The quantitative estimate of drug-likeness (QED) is 0.314. The van der Waals surface area contributed by atoms with E-state index >= 15 is 0 Å². The molecule has 0 N–H and O–H groups in total. The Bertz CT molecular complexity index is 276. The van der Waals surface area contributed by atoms with Crippen molar-refractivity contribution in [3.63, 3.8) is 0 Å². The second-order valence-corrected chi connectivity index (χ2v) is 7.10. The molecule has 0 saturated heterocycles. The second kappa shape index (κ2) is 13.7. The monoisotopic (exact) mass is 294 g/mol. The molecule has 0 aliphatic carbocycles. The fourth-order valence-corrected chi connectivity index (χ4v) is 3.52. The van der Waals surface area contributed by atoms with Gasteiger partial charge in [0.25, 0.3) is 0 Å². The molecular formula is C19H34S. The molecule has 0 spiro atoms. The van der Waals surface area contributed by atoms with Crippen LogP contribution in [-0.2, 0) is 6.42 Å². The van der Waals surface area contributed by atoms with Crippen LogP contribution in [0.25, 0.3) is 0 Å². The number of thiophene rings is 1. The lowest BCUT2D eigenvalue weighted by Crippen LogP contribution is -1.84. The summed E-state index contributed by atoms with van der Waals surface area (Å²) in [7, 11) is 0. The summed E-state index contributed by atoms with van der Waals surface area (Å²) in [5, 5.41) is 2.19. The van der Waals surface area contributed by atoms with Crippen LogP contribution in [0.2, 0.25) is 0 Å². The van der Waals surface area contributed by atoms with Gasteiger partial charge in [-0.1, -0.05) is 90.0 Å². The van der Waals surface area contributed by atoms with E-state index in [-0.39, 0.29) is 0 Å². The van der Waals surface area contributed by atoms with Gasteiger partial charge in [-0.2, -0.15) is 0 Å². The molecule has 0 fully saturated rings. The number of aryl methyl sites for hydroxylation is 1. The fourth-order valence-electron chi connectivity index (χ4n) is 2.77. The van der Waals surface area contributed by atoms with Gasteiger partial charge in [-0.15, -0.1) is 11.3 Å². The van der Waals surface area contributed by atoms with Crippen molar-refractivity contribution in [1.29, 1.82) is 0 Å². The highest BCUT2D eigenvalue weighted by Gasteiger charge is 1.95. The molecule has 20 heavy (non-hydrogen) atoms. The highest BCUT2D eigenvalue weighted by molar-refractivity contribution is 7.09. The Morgan fingerprint density at radius 1 is 0.700 bits per heavy atom. The van der Waals surface area contributed by atoms with Gasteiger partial charge in [-0.05, 0) is 24.3 Å². The summed E-state index contributed by atoms with van der Waals surface area (Å²) in [5.74, 6) is 0. The highest BCUT2D eigenvalue weighted by atomic mass is 32.1. The second-order valence-electron chi connectivity index (χ2n) is 6.07. The number of unbranched alkanes of at least 4 members (excludes halogenated alkanes) is 12. The molecule has 0 aromatic carbocycles. The van der Waals surface area contributed by atoms with Gasteiger partial charge in [-0.3, -0.25) is 0 Å². The van der Waals surface area contributed by atoms with Gasteiger partial charge in [0.1, 0.15) is 0 Å². The summed E-state index contributed by atoms with van der Waals surface area (Å²) in [5.41, 5.74) is 0. The molecule has 0 amide bonds. The first-order chi connectivity index (χ1) is 9.93.